The van der Waals surface area contributed by atoms with Crippen LogP contribution in [0.5, 0.6) is 0 Å². The van der Waals surface area contributed by atoms with E-state index in [0.717, 1.165) is 38.2 Å². The zero-order chi connectivity index (χ0) is 12.7. The molecule has 5 nitrogen and oxygen atoms in total. The highest BCUT2D eigenvalue weighted by Gasteiger charge is 2.36. The van der Waals surface area contributed by atoms with Gasteiger partial charge in [-0.15, -0.1) is 0 Å². The molecule has 0 bridgehead atoms. The Kier molecular flexibility index (Phi) is 2.69. The van der Waals surface area contributed by atoms with Crippen molar-refractivity contribution in [2.24, 2.45) is 11.8 Å². The number of rotatable bonds is 3. The molecule has 1 atom stereocenters. The molecule has 2 heterocycles. The lowest BCUT2D eigenvalue weighted by atomic mass is 9.87. The first-order valence-corrected chi connectivity index (χ1v) is 6.47. The molecule has 1 unspecified atom stereocenters. The summed E-state index contributed by atoms with van der Waals surface area (Å²) < 4.78 is 0. The fourth-order valence-electron chi connectivity index (χ4n) is 2.82. The fourth-order valence-corrected chi connectivity index (χ4v) is 2.82. The lowest BCUT2D eigenvalue weighted by Crippen LogP contribution is -2.51. The molecule has 2 aliphatic rings. The topological polar surface area (TPSA) is 66.3 Å². The van der Waals surface area contributed by atoms with Crippen molar-refractivity contribution in [3.63, 3.8) is 0 Å². The minimum Gasteiger partial charge on any atom is -0.481 e. The number of anilines is 1. The van der Waals surface area contributed by atoms with Gasteiger partial charge in [0, 0.05) is 30.3 Å². The fraction of sp³-hybridized carbons (Fsp3) is 0.615. The van der Waals surface area contributed by atoms with Gasteiger partial charge in [-0.1, -0.05) is 6.92 Å². The predicted octanol–water partition coefficient (Wildman–Crippen LogP) is 1.12. The van der Waals surface area contributed by atoms with Crippen LogP contribution in [0.15, 0.2) is 6.33 Å². The van der Waals surface area contributed by atoms with Gasteiger partial charge in [0.2, 0.25) is 0 Å². The molecule has 1 aromatic rings. The van der Waals surface area contributed by atoms with Crippen molar-refractivity contribution in [1.82, 2.24) is 9.97 Å². The molecule has 5 heteroatoms. The summed E-state index contributed by atoms with van der Waals surface area (Å²) in [5.41, 5.74) is 2.45. The summed E-state index contributed by atoms with van der Waals surface area (Å²) in [5.74, 6) is 0.310. The highest BCUT2D eigenvalue weighted by atomic mass is 16.4. The molecule has 1 saturated heterocycles. The zero-order valence-corrected chi connectivity index (χ0v) is 10.5. The molecule has 0 spiro atoms. The van der Waals surface area contributed by atoms with E-state index in [-0.39, 0.29) is 11.8 Å². The molecule has 1 aliphatic heterocycles. The molecule has 0 amide bonds. The van der Waals surface area contributed by atoms with Gasteiger partial charge < -0.3 is 10.0 Å². The van der Waals surface area contributed by atoms with E-state index in [0.29, 0.717) is 0 Å². The standard InChI is InChI=1S/C13H17N3O2/c1-8(13(17)18)9-5-16(6-9)12-10-3-2-4-11(10)14-7-15-12/h7-9H,2-6H2,1H3,(H,17,18). The number of hydrogen-bond acceptors (Lipinski definition) is 4. The second-order valence-corrected chi connectivity index (χ2v) is 5.27. The number of hydrogen-bond donors (Lipinski definition) is 1. The molecule has 0 aromatic carbocycles. The van der Waals surface area contributed by atoms with Crippen LogP contribution in [0, 0.1) is 11.8 Å². The maximum Gasteiger partial charge on any atom is 0.306 e. The van der Waals surface area contributed by atoms with Gasteiger partial charge in [0.25, 0.3) is 0 Å². The normalized spacial score (nSPS) is 20.4. The minimum atomic E-state index is -0.701. The Labute approximate surface area is 106 Å². The number of aromatic nitrogens is 2. The van der Waals surface area contributed by atoms with Gasteiger partial charge in [-0.25, -0.2) is 9.97 Å². The Morgan fingerprint density at radius 1 is 1.44 bits per heavy atom. The van der Waals surface area contributed by atoms with Crippen LogP contribution in [0.3, 0.4) is 0 Å². The number of aryl methyl sites for hydroxylation is 1. The third kappa shape index (κ3) is 1.74. The van der Waals surface area contributed by atoms with Gasteiger partial charge in [0.05, 0.1) is 5.92 Å². The van der Waals surface area contributed by atoms with Crippen LogP contribution in [0.25, 0.3) is 0 Å². The van der Waals surface area contributed by atoms with Crippen molar-refractivity contribution >= 4 is 11.8 Å². The number of carboxylic acid groups (broad SMARTS) is 1. The van der Waals surface area contributed by atoms with Crippen LogP contribution in [0.2, 0.25) is 0 Å². The smallest absolute Gasteiger partial charge is 0.306 e. The molecule has 0 saturated carbocycles. The summed E-state index contributed by atoms with van der Waals surface area (Å²) in [4.78, 5) is 21.8. The molecular weight excluding hydrogens is 230 g/mol. The largest absolute Gasteiger partial charge is 0.481 e. The van der Waals surface area contributed by atoms with Crippen LogP contribution in [-0.4, -0.2) is 34.1 Å². The van der Waals surface area contributed by atoms with Crippen LogP contribution >= 0.6 is 0 Å². The maximum absolute atomic E-state index is 10.9. The van der Waals surface area contributed by atoms with E-state index in [4.69, 9.17) is 5.11 Å². The lowest BCUT2D eigenvalue weighted by molar-refractivity contribution is -0.143. The Morgan fingerprint density at radius 2 is 2.22 bits per heavy atom. The van der Waals surface area contributed by atoms with Gasteiger partial charge >= 0.3 is 5.97 Å². The summed E-state index contributed by atoms with van der Waals surface area (Å²) >= 11 is 0. The number of carbonyl (C=O) groups is 1. The number of aliphatic carboxylic acids is 1. The number of carboxylic acids is 1. The molecule has 1 fully saturated rings. The van der Waals surface area contributed by atoms with Gasteiger partial charge in [-0.05, 0) is 19.3 Å². The Hall–Kier alpha value is -1.65. The third-order valence-electron chi connectivity index (χ3n) is 4.16. The third-order valence-corrected chi connectivity index (χ3v) is 4.16. The second-order valence-electron chi connectivity index (χ2n) is 5.27. The van der Waals surface area contributed by atoms with Crippen molar-refractivity contribution in [3.05, 3.63) is 17.6 Å². The van der Waals surface area contributed by atoms with Crippen molar-refractivity contribution in [1.29, 1.82) is 0 Å². The minimum absolute atomic E-state index is 0.245. The SMILES string of the molecule is CC(C(=O)O)C1CN(c2ncnc3c2CCC3)C1. The monoisotopic (exact) mass is 247 g/mol. The first-order valence-electron chi connectivity index (χ1n) is 6.47. The lowest BCUT2D eigenvalue weighted by Gasteiger charge is -2.42. The summed E-state index contributed by atoms with van der Waals surface area (Å²) in [5, 5.41) is 8.98. The van der Waals surface area contributed by atoms with E-state index >= 15 is 0 Å². The van der Waals surface area contributed by atoms with E-state index in [9.17, 15) is 4.79 Å². The molecule has 0 radical (unpaired) electrons. The van der Waals surface area contributed by atoms with E-state index < -0.39 is 5.97 Å². The average Bonchev–Trinajstić information content (AvgIpc) is 2.75. The van der Waals surface area contributed by atoms with Gasteiger partial charge in [-0.2, -0.15) is 0 Å². The van der Waals surface area contributed by atoms with Crippen molar-refractivity contribution < 1.29 is 9.90 Å². The zero-order valence-electron chi connectivity index (χ0n) is 10.5. The van der Waals surface area contributed by atoms with Gasteiger partial charge in [-0.3, -0.25) is 4.79 Å². The van der Waals surface area contributed by atoms with Crippen molar-refractivity contribution in [2.45, 2.75) is 26.2 Å². The van der Waals surface area contributed by atoms with Crippen LogP contribution in [0.4, 0.5) is 5.82 Å². The van der Waals surface area contributed by atoms with E-state index in [2.05, 4.69) is 14.9 Å². The molecule has 1 aliphatic carbocycles. The number of fused-ring (bicyclic) bond motifs is 1. The van der Waals surface area contributed by atoms with Gasteiger partial charge in [0.1, 0.15) is 12.1 Å². The molecule has 3 rings (SSSR count). The van der Waals surface area contributed by atoms with Crippen LogP contribution < -0.4 is 4.90 Å². The second kappa shape index (κ2) is 4.23. The summed E-state index contributed by atoms with van der Waals surface area (Å²) in [6, 6.07) is 0. The maximum atomic E-state index is 10.9. The molecule has 1 aromatic heterocycles. The number of nitrogens with zero attached hydrogens (tertiary/aromatic N) is 3. The van der Waals surface area contributed by atoms with Crippen molar-refractivity contribution in [2.75, 3.05) is 18.0 Å². The average molecular weight is 247 g/mol. The Balaban J connectivity index is 1.72. The predicted molar refractivity (Wildman–Crippen MR) is 66.6 cm³/mol. The van der Waals surface area contributed by atoms with Gasteiger partial charge in [0.15, 0.2) is 0 Å². The van der Waals surface area contributed by atoms with Crippen molar-refractivity contribution in [3.8, 4) is 0 Å². The van der Waals surface area contributed by atoms with E-state index in [1.165, 1.54) is 11.3 Å². The summed E-state index contributed by atoms with van der Waals surface area (Å²) in [7, 11) is 0. The van der Waals surface area contributed by atoms with E-state index in [1.807, 2.05) is 0 Å². The summed E-state index contributed by atoms with van der Waals surface area (Å²) in [6.45, 7) is 3.39. The molecular formula is C13H17N3O2. The highest BCUT2D eigenvalue weighted by Crippen LogP contribution is 2.34. The van der Waals surface area contributed by atoms with Crippen LogP contribution in [0.1, 0.15) is 24.6 Å². The Morgan fingerprint density at radius 3 is 2.94 bits per heavy atom. The molecule has 1 N–H and O–H groups in total. The first-order chi connectivity index (χ1) is 8.66. The van der Waals surface area contributed by atoms with E-state index in [1.54, 1.807) is 13.3 Å². The summed E-state index contributed by atoms with van der Waals surface area (Å²) in [6.07, 6.45) is 4.89. The Bertz CT molecular complexity index is 483. The van der Waals surface area contributed by atoms with Crippen LogP contribution in [-0.2, 0) is 17.6 Å². The molecule has 18 heavy (non-hydrogen) atoms. The quantitative estimate of drug-likeness (QED) is 0.867. The first kappa shape index (κ1) is 11.4. The molecule has 96 valence electrons. The highest BCUT2D eigenvalue weighted by molar-refractivity contribution is 5.70.